The van der Waals surface area contributed by atoms with Crippen LogP contribution >= 0.6 is 0 Å². The second kappa shape index (κ2) is 9.28. The molecule has 1 heterocycles. The summed E-state index contributed by atoms with van der Waals surface area (Å²) in [7, 11) is 0. The number of amides is 1. The van der Waals surface area contributed by atoms with E-state index >= 15 is 0 Å². The Morgan fingerprint density at radius 2 is 1.81 bits per heavy atom. The van der Waals surface area contributed by atoms with Crippen molar-refractivity contribution in [1.29, 1.82) is 0 Å². The van der Waals surface area contributed by atoms with E-state index in [9.17, 15) is 23.1 Å². The van der Waals surface area contributed by atoms with Crippen LogP contribution in [0.15, 0.2) is 30.3 Å². The molecule has 1 aliphatic heterocycles. The average Bonchev–Trinajstić information content (AvgIpc) is 2.71. The minimum absolute atomic E-state index is 0.0658. The predicted octanol–water partition coefficient (Wildman–Crippen LogP) is 4.12. The fraction of sp³-hybridized carbons (Fsp3) is 0.435. The largest absolute Gasteiger partial charge is 0.385 e. The van der Waals surface area contributed by atoms with E-state index in [1.165, 1.54) is 17.0 Å². The van der Waals surface area contributed by atoms with Crippen molar-refractivity contribution in [2.45, 2.75) is 45.3 Å². The van der Waals surface area contributed by atoms with Crippen molar-refractivity contribution in [3.63, 3.8) is 0 Å². The molecule has 0 spiro atoms. The van der Waals surface area contributed by atoms with Crippen molar-refractivity contribution in [1.82, 2.24) is 10.2 Å². The fourth-order valence-corrected chi connectivity index (χ4v) is 3.71. The Bertz CT molecular complexity index is 957. The molecule has 1 amide bonds. The predicted molar refractivity (Wildman–Crippen MR) is 114 cm³/mol. The van der Waals surface area contributed by atoms with Gasteiger partial charge in [0.2, 0.25) is 0 Å². The molecule has 8 heteroatoms. The molecule has 3 rings (SSSR count). The Balaban J connectivity index is 1.77. The van der Waals surface area contributed by atoms with E-state index in [1.54, 1.807) is 13.0 Å². The van der Waals surface area contributed by atoms with Gasteiger partial charge in [0.15, 0.2) is 11.6 Å². The maximum absolute atomic E-state index is 14.6. The zero-order valence-corrected chi connectivity index (χ0v) is 17.9. The second-order valence-corrected chi connectivity index (χ2v) is 8.17. The van der Waals surface area contributed by atoms with Gasteiger partial charge in [-0.1, -0.05) is 19.9 Å². The number of hydrogen-bond donors (Lipinski definition) is 3. The highest BCUT2D eigenvalue weighted by Crippen LogP contribution is 2.31. The number of nitrogens with zero attached hydrogens (tertiary/aromatic N) is 1. The summed E-state index contributed by atoms with van der Waals surface area (Å²) in [4.78, 5) is 14.3. The molecule has 168 valence electrons. The van der Waals surface area contributed by atoms with Crippen LogP contribution < -0.4 is 10.6 Å². The molecule has 2 aromatic rings. The minimum atomic E-state index is -1.27. The van der Waals surface area contributed by atoms with Crippen LogP contribution in [0.1, 0.15) is 42.6 Å². The lowest BCUT2D eigenvalue weighted by molar-refractivity contribution is -0.0798. The zero-order valence-electron chi connectivity index (χ0n) is 17.9. The first-order chi connectivity index (χ1) is 14.7. The van der Waals surface area contributed by atoms with Crippen LogP contribution in [0, 0.1) is 24.4 Å². The van der Waals surface area contributed by atoms with Gasteiger partial charge in [0.1, 0.15) is 11.4 Å². The molecule has 0 atom stereocenters. The number of aliphatic hydroxyl groups is 1. The topological polar surface area (TPSA) is 64.6 Å². The van der Waals surface area contributed by atoms with Crippen LogP contribution in [0.3, 0.4) is 0 Å². The van der Waals surface area contributed by atoms with Crippen LogP contribution in [0.5, 0.6) is 0 Å². The number of anilines is 2. The van der Waals surface area contributed by atoms with E-state index in [0.717, 1.165) is 25.0 Å². The number of nitrogens with one attached hydrogen (secondary N) is 2. The second-order valence-electron chi connectivity index (χ2n) is 8.17. The number of benzene rings is 2. The standard InChI is InChI=1S/C23H28F3N3O2/c1-4-15(5-2)27-11-23(31)12-29(13-23)22(30)16-7-8-17(24)20(26)21(16)28-19-9-6-14(3)10-18(19)25/h6-10,15,27-28,31H,4-5,11-13H2,1-3H3. The van der Waals surface area contributed by atoms with Crippen molar-refractivity contribution in [2.75, 3.05) is 25.0 Å². The molecule has 1 aliphatic rings. The lowest BCUT2D eigenvalue weighted by Gasteiger charge is -2.47. The minimum Gasteiger partial charge on any atom is -0.385 e. The normalized spacial score (nSPS) is 15.2. The maximum Gasteiger partial charge on any atom is 0.256 e. The number of aryl methyl sites for hydroxylation is 1. The lowest BCUT2D eigenvalue weighted by atomic mass is 9.92. The molecule has 0 saturated carbocycles. The molecule has 0 unspecified atom stereocenters. The van der Waals surface area contributed by atoms with E-state index < -0.39 is 34.6 Å². The van der Waals surface area contributed by atoms with Crippen molar-refractivity contribution in [3.05, 3.63) is 58.9 Å². The Morgan fingerprint density at radius 3 is 2.42 bits per heavy atom. The highest BCUT2D eigenvalue weighted by atomic mass is 19.2. The van der Waals surface area contributed by atoms with Crippen LogP contribution in [0.2, 0.25) is 0 Å². The number of hydrogen-bond acceptors (Lipinski definition) is 4. The Morgan fingerprint density at radius 1 is 1.13 bits per heavy atom. The number of β-amino-alcohol motifs (C(OH)–C–C–N with tert-alkyl or cyclic N) is 1. The van der Waals surface area contributed by atoms with Gasteiger partial charge in [0, 0.05) is 12.6 Å². The van der Waals surface area contributed by atoms with Crippen LogP contribution in [-0.4, -0.2) is 47.2 Å². The van der Waals surface area contributed by atoms with Crippen molar-refractivity contribution in [3.8, 4) is 0 Å². The zero-order chi connectivity index (χ0) is 22.8. The number of carbonyl (C=O) groups excluding carboxylic acids is 1. The van der Waals surface area contributed by atoms with Crippen LogP contribution in [0.25, 0.3) is 0 Å². The molecule has 31 heavy (non-hydrogen) atoms. The van der Waals surface area contributed by atoms with Crippen LogP contribution in [-0.2, 0) is 0 Å². The first-order valence-electron chi connectivity index (χ1n) is 10.4. The summed E-state index contributed by atoms with van der Waals surface area (Å²) < 4.78 is 42.7. The Kier molecular flexibility index (Phi) is 6.91. The monoisotopic (exact) mass is 435 g/mol. The summed E-state index contributed by atoms with van der Waals surface area (Å²) in [5, 5.41) is 16.4. The van der Waals surface area contributed by atoms with Gasteiger partial charge in [-0.15, -0.1) is 0 Å². The van der Waals surface area contributed by atoms with Gasteiger partial charge in [-0.25, -0.2) is 13.2 Å². The molecule has 0 bridgehead atoms. The van der Waals surface area contributed by atoms with Crippen molar-refractivity contribution >= 4 is 17.3 Å². The SMILES string of the molecule is CCC(CC)NCC1(O)CN(C(=O)c2ccc(F)c(F)c2Nc2ccc(C)cc2F)C1. The number of rotatable bonds is 8. The molecule has 0 radical (unpaired) electrons. The molecular weight excluding hydrogens is 407 g/mol. The van der Waals surface area contributed by atoms with Gasteiger partial charge in [-0.3, -0.25) is 4.79 Å². The first kappa shape index (κ1) is 23.1. The van der Waals surface area contributed by atoms with Crippen molar-refractivity contribution < 1.29 is 23.1 Å². The third-order valence-corrected chi connectivity index (χ3v) is 5.67. The van der Waals surface area contributed by atoms with Gasteiger partial charge in [0.05, 0.1) is 30.0 Å². The molecule has 1 fully saturated rings. The summed E-state index contributed by atoms with van der Waals surface area (Å²) in [5.74, 6) is -3.63. The van der Waals surface area contributed by atoms with E-state index in [2.05, 4.69) is 24.5 Å². The summed E-state index contributed by atoms with van der Waals surface area (Å²) >= 11 is 0. The third kappa shape index (κ3) is 5.02. The first-order valence-corrected chi connectivity index (χ1v) is 10.4. The lowest BCUT2D eigenvalue weighted by Crippen LogP contribution is -2.67. The third-order valence-electron chi connectivity index (χ3n) is 5.67. The average molecular weight is 435 g/mol. The Labute approximate surface area is 180 Å². The molecular formula is C23H28F3N3O2. The number of likely N-dealkylation sites (tertiary alicyclic amines) is 1. The van der Waals surface area contributed by atoms with Crippen molar-refractivity contribution in [2.24, 2.45) is 0 Å². The highest BCUT2D eigenvalue weighted by molar-refractivity contribution is 6.01. The maximum atomic E-state index is 14.6. The quantitative estimate of drug-likeness (QED) is 0.584. The molecule has 0 aliphatic carbocycles. The Hall–Kier alpha value is -2.58. The molecule has 2 aromatic carbocycles. The number of carbonyl (C=O) groups is 1. The summed E-state index contributed by atoms with van der Waals surface area (Å²) in [6.45, 7) is 6.27. The molecule has 0 aromatic heterocycles. The van der Waals surface area contributed by atoms with Gasteiger partial charge in [-0.2, -0.15) is 0 Å². The fourth-order valence-electron chi connectivity index (χ4n) is 3.71. The van der Waals surface area contributed by atoms with Gasteiger partial charge < -0.3 is 20.6 Å². The summed E-state index contributed by atoms with van der Waals surface area (Å²) in [6.07, 6.45) is 1.85. The van der Waals surface area contributed by atoms with Gasteiger partial charge >= 0.3 is 0 Å². The molecule has 5 nitrogen and oxygen atoms in total. The molecule has 1 saturated heterocycles. The van der Waals surface area contributed by atoms with E-state index in [0.29, 0.717) is 12.1 Å². The highest BCUT2D eigenvalue weighted by Gasteiger charge is 2.44. The van der Waals surface area contributed by atoms with E-state index in [4.69, 9.17) is 0 Å². The molecule has 3 N–H and O–H groups in total. The van der Waals surface area contributed by atoms with E-state index in [-0.39, 0.29) is 30.4 Å². The van der Waals surface area contributed by atoms with Crippen LogP contribution in [0.4, 0.5) is 24.5 Å². The number of halogens is 3. The summed E-state index contributed by atoms with van der Waals surface area (Å²) in [6, 6.07) is 6.57. The van der Waals surface area contributed by atoms with Gasteiger partial charge in [0.25, 0.3) is 5.91 Å². The van der Waals surface area contributed by atoms with Gasteiger partial charge in [-0.05, 0) is 49.6 Å². The smallest absolute Gasteiger partial charge is 0.256 e. The summed E-state index contributed by atoms with van der Waals surface area (Å²) in [5.41, 5.74) is -1.04. The van der Waals surface area contributed by atoms with E-state index in [1.807, 2.05) is 0 Å².